The summed E-state index contributed by atoms with van der Waals surface area (Å²) in [6.45, 7) is 8.03. The SMILES string of the molecule is C=CN(CC)C(=O)Cc1ccc(O)c(N=Nc2ccccc2C)c1. The summed E-state index contributed by atoms with van der Waals surface area (Å²) in [7, 11) is 0. The van der Waals surface area contributed by atoms with E-state index in [1.54, 1.807) is 17.0 Å². The molecule has 0 bridgehead atoms. The smallest absolute Gasteiger partial charge is 0.230 e. The van der Waals surface area contributed by atoms with E-state index in [9.17, 15) is 9.90 Å². The molecular weight excluding hydrogens is 302 g/mol. The van der Waals surface area contributed by atoms with Crippen LogP contribution in [0.25, 0.3) is 0 Å². The predicted octanol–water partition coefficient (Wildman–Crippen LogP) is 4.65. The topological polar surface area (TPSA) is 65.3 Å². The highest BCUT2D eigenvalue weighted by atomic mass is 16.3. The first-order valence-corrected chi connectivity index (χ1v) is 7.76. The van der Waals surface area contributed by atoms with E-state index in [-0.39, 0.29) is 18.1 Å². The number of phenolic OH excluding ortho intramolecular Hbond substituents is 1. The number of nitrogens with zero attached hydrogens (tertiary/aromatic N) is 3. The number of azo groups is 1. The first-order valence-electron chi connectivity index (χ1n) is 7.76. The Hall–Kier alpha value is -2.95. The Bertz CT molecular complexity index is 769. The molecule has 5 heteroatoms. The Kier molecular flexibility index (Phi) is 5.84. The molecule has 0 saturated heterocycles. The second-order valence-electron chi connectivity index (χ2n) is 5.35. The summed E-state index contributed by atoms with van der Waals surface area (Å²) in [5.41, 5.74) is 2.83. The van der Waals surface area contributed by atoms with Gasteiger partial charge in [-0.25, -0.2) is 0 Å². The molecule has 0 aliphatic heterocycles. The molecule has 0 atom stereocenters. The second kappa shape index (κ2) is 8.06. The molecule has 0 aliphatic rings. The fraction of sp³-hybridized carbons (Fsp3) is 0.211. The molecule has 2 rings (SSSR count). The van der Waals surface area contributed by atoms with Crippen molar-refractivity contribution < 1.29 is 9.90 Å². The number of carbonyl (C=O) groups is 1. The highest BCUT2D eigenvalue weighted by Crippen LogP contribution is 2.30. The molecule has 5 nitrogen and oxygen atoms in total. The maximum absolute atomic E-state index is 12.1. The van der Waals surface area contributed by atoms with Gasteiger partial charge in [0.2, 0.25) is 5.91 Å². The normalized spacial score (nSPS) is 10.8. The molecule has 0 heterocycles. The Morgan fingerprint density at radius 3 is 2.58 bits per heavy atom. The largest absolute Gasteiger partial charge is 0.506 e. The van der Waals surface area contributed by atoms with Crippen molar-refractivity contribution in [2.24, 2.45) is 10.2 Å². The van der Waals surface area contributed by atoms with Crippen LogP contribution in [0.5, 0.6) is 5.75 Å². The van der Waals surface area contributed by atoms with Crippen molar-refractivity contribution in [2.45, 2.75) is 20.3 Å². The molecule has 1 amide bonds. The Balaban J connectivity index is 2.21. The number of carbonyl (C=O) groups excluding carboxylic acids is 1. The van der Waals surface area contributed by atoms with Crippen LogP contribution in [0, 0.1) is 6.92 Å². The maximum atomic E-state index is 12.1. The van der Waals surface area contributed by atoms with Gasteiger partial charge in [0.05, 0.1) is 12.1 Å². The van der Waals surface area contributed by atoms with Crippen molar-refractivity contribution >= 4 is 17.3 Å². The van der Waals surface area contributed by atoms with Gasteiger partial charge in [-0.3, -0.25) is 4.79 Å². The number of hydrogen-bond acceptors (Lipinski definition) is 4. The van der Waals surface area contributed by atoms with Gasteiger partial charge >= 0.3 is 0 Å². The minimum absolute atomic E-state index is 0.0274. The first kappa shape index (κ1) is 17.4. The highest BCUT2D eigenvalue weighted by molar-refractivity contribution is 5.80. The van der Waals surface area contributed by atoms with Gasteiger partial charge in [-0.2, -0.15) is 5.11 Å². The number of phenols is 1. The maximum Gasteiger partial charge on any atom is 0.230 e. The standard InChI is InChI=1S/C19H21N3O2/c1-4-22(5-2)19(24)13-15-10-11-18(23)17(12-15)21-20-16-9-7-6-8-14(16)3/h4,6-12,23H,1,5,13H2,2-3H3. The Labute approximate surface area is 142 Å². The van der Waals surface area contributed by atoms with E-state index in [0.29, 0.717) is 12.2 Å². The van der Waals surface area contributed by atoms with Gasteiger partial charge in [-0.15, -0.1) is 5.11 Å². The summed E-state index contributed by atoms with van der Waals surface area (Å²) in [6, 6.07) is 12.5. The lowest BCUT2D eigenvalue weighted by molar-refractivity contribution is -0.127. The lowest BCUT2D eigenvalue weighted by Crippen LogP contribution is -2.26. The molecule has 0 aromatic heterocycles. The van der Waals surface area contributed by atoms with Crippen molar-refractivity contribution in [3.05, 3.63) is 66.4 Å². The van der Waals surface area contributed by atoms with E-state index in [2.05, 4.69) is 16.8 Å². The van der Waals surface area contributed by atoms with Crippen molar-refractivity contribution in [3.8, 4) is 5.75 Å². The number of rotatable bonds is 6. The van der Waals surface area contributed by atoms with Crippen LogP contribution in [0.2, 0.25) is 0 Å². The van der Waals surface area contributed by atoms with Gasteiger partial charge in [0.15, 0.2) is 0 Å². The fourth-order valence-electron chi connectivity index (χ4n) is 2.23. The zero-order valence-electron chi connectivity index (χ0n) is 13.9. The summed E-state index contributed by atoms with van der Waals surface area (Å²) >= 11 is 0. The van der Waals surface area contributed by atoms with E-state index < -0.39 is 0 Å². The van der Waals surface area contributed by atoms with Gasteiger partial charge in [0.25, 0.3) is 0 Å². The third-order valence-corrected chi connectivity index (χ3v) is 3.66. The Morgan fingerprint density at radius 1 is 1.21 bits per heavy atom. The van der Waals surface area contributed by atoms with Crippen molar-refractivity contribution in [2.75, 3.05) is 6.54 Å². The summed E-state index contributed by atoms with van der Waals surface area (Å²) in [5.74, 6) is -0.0282. The summed E-state index contributed by atoms with van der Waals surface area (Å²) in [5, 5.41) is 18.3. The first-order chi connectivity index (χ1) is 11.5. The van der Waals surface area contributed by atoms with Crippen molar-refractivity contribution in [1.82, 2.24) is 4.90 Å². The zero-order valence-corrected chi connectivity index (χ0v) is 13.9. The van der Waals surface area contributed by atoms with E-state index >= 15 is 0 Å². The number of benzene rings is 2. The van der Waals surface area contributed by atoms with Crippen LogP contribution in [-0.2, 0) is 11.2 Å². The van der Waals surface area contributed by atoms with Gasteiger partial charge < -0.3 is 10.0 Å². The minimum atomic E-state index is -0.0556. The lowest BCUT2D eigenvalue weighted by Gasteiger charge is -2.15. The van der Waals surface area contributed by atoms with Crippen LogP contribution < -0.4 is 0 Å². The zero-order chi connectivity index (χ0) is 17.5. The number of aryl methyl sites for hydroxylation is 1. The molecule has 1 N–H and O–H groups in total. The van der Waals surface area contributed by atoms with Crippen LogP contribution in [-0.4, -0.2) is 22.5 Å². The molecule has 0 fully saturated rings. The van der Waals surface area contributed by atoms with Gasteiger partial charge in [-0.1, -0.05) is 30.8 Å². The van der Waals surface area contributed by atoms with E-state index in [4.69, 9.17) is 0 Å². The van der Waals surface area contributed by atoms with E-state index in [0.717, 1.165) is 16.8 Å². The van der Waals surface area contributed by atoms with Crippen molar-refractivity contribution in [3.63, 3.8) is 0 Å². The van der Waals surface area contributed by atoms with E-state index in [1.165, 1.54) is 12.3 Å². The fourth-order valence-corrected chi connectivity index (χ4v) is 2.23. The third kappa shape index (κ3) is 4.29. The molecule has 124 valence electrons. The van der Waals surface area contributed by atoms with Crippen LogP contribution in [0.3, 0.4) is 0 Å². The van der Waals surface area contributed by atoms with Crippen molar-refractivity contribution in [1.29, 1.82) is 0 Å². The summed E-state index contributed by atoms with van der Waals surface area (Å²) < 4.78 is 0. The average molecular weight is 323 g/mol. The average Bonchev–Trinajstić information content (AvgIpc) is 2.57. The molecular formula is C19H21N3O2. The van der Waals surface area contributed by atoms with Crippen LogP contribution in [0.1, 0.15) is 18.1 Å². The lowest BCUT2D eigenvalue weighted by atomic mass is 10.1. The van der Waals surface area contributed by atoms with E-state index in [1.807, 2.05) is 38.1 Å². The second-order valence-corrected chi connectivity index (χ2v) is 5.35. The number of likely N-dealkylation sites (N-methyl/N-ethyl adjacent to an activating group) is 1. The summed E-state index contributed by atoms with van der Waals surface area (Å²) in [4.78, 5) is 13.7. The monoisotopic (exact) mass is 323 g/mol. The van der Waals surface area contributed by atoms with Gasteiger partial charge in [-0.05, 0) is 49.4 Å². The number of aromatic hydroxyl groups is 1. The minimum Gasteiger partial charge on any atom is -0.506 e. The molecule has 0 unspecified atom stereocenters. The van der Waals surface area contributed by atoms with Crippen LogP contribution in [0.4, 0.5) is 11.4 Å². The molecule has 0 radical (unpaired) electrons. The van der Waals surface area contributed by atoms with Crippen LogP contribution >= 0.6 is 0 Å². The Morgan fingerprint density at radius 2 is 1.92 bits per heavy atom. The number of hydrogen-bond donors (Lipinski definition) is 1. The summed E-state index contributed by atoms with van der Waals surface area (Å²) in [6.07, 6.45) is 1.73. The molecule has 2 aromatic carbocycles. The number of amides is 1. The molecule has 0 spiro atoms. The van der Waals surface area contributed by atoms with Crippen LogP contribution in [0.15, 0.2) is 65.5 Å². The predicted molar refractivity (Wildman–Crippen MR) is 94.7 cm³/mol. The van der Waals surface area contributed by atoms with Gasteiger partial charge in [0, 0.05) is 6.54 Å². The van der Waals surface area contributed by atoms with Gasteiger partial charge in [0.1, 0.15) is 11.4 Å². The highest BCUT2D eigenvalue weighted by Gasteiger charge is 2.11. The third-order valence-electron chi connectivity index (χ3n) is 3.66. The molecule has 2 aromatic rings. The quantitative estimate of drug-likeness (QED) is 0.786. The molecule has 0 aliphatic carbocycles. The molecule has 0 saturated carbocycles. The molecule has 24 heavy (non-hydrogen) atoms.